The zero-order valence-corrected chi connectivity index (χ0v) is 7.41. The Labute approximate surface area is 71.8 Å². The highest BCUT2D eigenvalue weighted by atomic mass is 16.5. The van der Waals surface area contributed by atoms with Gasteiger partial charge in [-0.3, -0.25) is 9.59 Å². The van der Waals surface area contributed by atoms with Crippen LogP contribution in [0.5, 0.6) is 0 Å². The fourth-order valence-corrected chi connectivity index (χ4v) is 0.716. The summed E-state index contributed by atoms with van der Waals surface area (Å²) in [5.41, 5.74) is -0.262. The lowest BCUT2D eigenvalue weighted by Crippen LogP contribution is -2.28. The molecular weight excluding hydrogens is 160 g/mol. The maximum Gasteiger partial charge on any atom is 0.293 e. The summed E-state index contributed by atoms with van der Waals surface area (Å²) in [6.07, 6.45) is 0.786. The summed E-state index contributed by atoms with van der Waals surface area (Å²) in [4.78, 5) is 19.8. The maximum atomic E-state index is 9.91. The van der Waals surface area contributed by atoms with Gasteiger partial charge in [-0.1, -0.05) is 13.8 Å². The second-order valence-corrected chi connectivity index (χ2v) is 2.98. The van der Waals surface area contributed by atoms with E-state index in [1.165, 1.54) is 0 Å². The third-order valence-electron chi connectivity index (χ3n) is 1.85. The Morgan fingerprint density at radius 3 is 1.83 bits per heavy atom. The number of carbonyl (C=O) groups is 2. The summed E-state index contributed by atoms with van der Waals surface area (Å²) in [6.45, 7) is 5.19. The van der Waals surface area contributed by atoms with Crippen molar-refractivity contribution in [3.05, 3.63) is 0 Å². The summed E-state index contributed by atoms with van der Waals surface area (Å²) in [7, 11) is 0. The van der Waals surface area contributed by atoms with E-state index in [1.807, 2.05) is 13.8 Å². The lowest BCUT2D eigenvalue weighted by Gasteiger charge is -2.24. The highest BCUT2D eigenvalue weighted by Gasteiger charge is 2.23. The van der Waals surface area contributed by atoms with Crippen molar-refractivity contribution in [3.63, 3.8) is 0 Å². The monoisotopic (exact) mass is 174 g/mol. The standard InChI is InChI=1S/C8H14O4/c1-3-8(2,4-11-6-9)5-12-7-10/h6-7H,3-5H2,1-2H3. The van der Waals surface area contributed by atoms with Crippen LogP contribution in [0.25, 0.3) is 0 Å². The molecule has 0 aromatic carbocycles. The molecule has 70 valence electrons. The smallest absolute Gasteiger partial charge is 0.293 e. The van der Waals surface area contributed by atoms with Crippen molar-refractivity contribution < 1.29 is 19.1 Å². The fourth-order valence-electron chi connectivity index (χ4n) is 0.716. The number of rotatable bonds is 7. The minimum atomic E-state index is -0.262. The zero-order chi connectivity index (χ0) is 9.45. The molecule has 0 aliphatic rings. The minimum Gasteiger partial charge on any atom is -0.467 e. The first kappa shape index (κ1) is 10.9. The Hall–Kier alpha value is -1.06. The fraction of sp³-hybridized carbons (Fsp3) is 0.750. The SMILES string of the molecule is CCC(C)(COC=O)COC=O. The molecule has 0 saturated carbocycles. The van der Waals surface area contributed by atoms with E-state index in [2.05, 4.69) is 9.47 Å². The topological polar surface area (TPSA) is 52.6 Å². The van der Waals surface area contributed by atoms with E-state index in [-0.39, 0.29) is 18.6 Å². The molecule has 0 heterocycles. The first-order valence-electron chi connectivity index (χ1n) is 3.79. The van der Waals surface area contributed by atoms with Crippen molar-refractivity contribution in [3.8, 4) is 0 Å². The number of carbonyl (C=O) groups excluding carboxylic acids is 2. The van der Waals surface area contributed by atoms with Crippen molar-refractivity contribution in [1.29, 1.82) is 0 Å². The van der Waals surface area contributed by atoms with Crippen LogP contribution in [0.2, 0.25) is 0 Å². The van der Waals surface area contributed by atoms with Crippen LogP contribution in [-0.4, -0.2) is 26.2 Å². The maximum absolute atomic E-state index is 9.91. The molecular formula is C8H14O4. The zero-order valence-electron chi connectivity index (χ0n) is 7.41. The molecule has 0 saturated heterocycles. The highest BCUT2D eigenvalue weighted by molar-refractivity contribution is 5.37. The van der Waals surface area contributed by atoms with E-state index in [0.29, 0.717) is 12.9 Å². The van der Waals surface area contributed by atoms with Crippen molar-refractivity contribution >= 4 is 12.9 Å². The quantitative estimate of drug-likeness (QED) is 0.534. The number of hydrogen-bond acceptors (Lipinski definition) is 4. The molecule has 0 aromatic heterocycles. The Balaban J connectivity index is 3.84. The predicted octanol–water partition coefficient (Wildman–Crippen LogP) is 0.749. The Morgan fingerprint density at radius 2 is 1.58 bits per heavy atom. The van der Waals surface area contributed by atoms with E-state index < -0.39 is 0 Å². The molecule has 0 unspecified atom stereocenters. The number of ether oxygens (including phenoxy) is 2. The molecule has 4 heteroatoms. The van der Waals surface area contributed by atoms with Crippen molar-refractivity contribution in [2.75, 3.05) is 13.2 Å². The van der Waals surface area contributed by atoms with Crippen LogP contribution in [0.3, 0.4) is 0 Å². The minimum absolute atomic E-state index is 0.262. The second kappa shape index (κ2) is 5.57. The van der Waals surface area contributed by atoms with Gasteiger partial charge >= 0.3 is 0 Å². The van der Waals surface area contributed by atoms with Gasteiger partial charge in [-0.2, -0.15) is 0 Å². The molecule has 4 nitrogen and oxygen atoms in total. The van der Waals surface area contributed by atoms with Crippen molar-refractivity contribution in [2.45, 2.75) is 20.3 Å². The van der Waals surface area contributed by atoms with E-state index >= 15 is 0 Å². The first-order chi connectivity index (χ1) is 5.68. The molecule has 0 aliphatic heterocycles. The Kier molecular flexibility index (Phi) is 5.08. The van der Waals surface area contributed by atoms with Gasteiger partial charge in [-0.15, -0.1) is 0 Å². The van der Waals surface area contributed by atoms with Crippen LogP contribution >= 0.6 is 0 Å². The van der Waals surface area contributed by atoms with Crippen LogP contribution in [0.15, 0.2) is 0 Å². The molecule has 0 bridgehead atoms. The Morgan fingerprint density at radius 1 is 1.17 bits per heavy atom. The summed E-state index contributed by atoms with van der Waals surface area (Å²) in [5, 5.41) is 0. The van der Waals surface area contributed by atoms with Crippen LogP contribution in [-0.2, 0) is 19.1 Å². The molecule has 12 heavy (non-hydrogen) atoms. The van der Waals surface area contributed by atoms with Gasteiger partial charge in [-0.25, -0.2) is 0 Å². The molecule has 0 atom stereocenters. The van der Waals surface area contributed by atoms with Gasteiger partial charge in [0.25, 0.3) is 12.9 Å². The lowest BCUT2D eigenvalue weighted by molar-refractivity contribution is -0.137. The van der Waals surface area contributed by atoms with Crippen LogP contribution in [0.1, 0.15) is 20.3 Å². The average Bonchev–Trinajstić information content (AvgIpc) is 2.11. The number of hydrogen-bond donors (Lipinski definition) is 0. The van der Waals surface area contributed by atoms with Gasteiger partial charge in [0.2, 0.25) is 0 Å². The van der Waals surface area contributed by atoms with Gasteiger partial charge in [0.1, 0.15) is 0 Å². The van der Waals surface area contributed by atoms with E-state index in [1.54, 1.807) is 0 Å². The largest absolute Gasteiger partial charge is 0.467 e. The molecule has 0 aliphatic carbocycles. The molecule has 0 rings (SSSR count). The van der Waals surface area contributed by atoms with Crippen molar-refractivity contribution in [1.82, 2.24) is 0 Å². The Bertz CT molecular complexity index is 132. The molecule has 0 aromatic rings. The van der Waals surface area contributed by atoms with E-state index in [9.17, 15) is 9.59 Å². The normalized spacial score (nSPS) is 10.5. The van der Waals surface area contributed by atoms with Gasteiger partial charge in [0, 0.05) is 5.41 Å². The molecule has 0 amide bonds. The summed E-state index contributed by atoms with van der Waals surface area (Å²) >= 11 is 0. The van der Waals surface area contributed by atoms with Gasteiger partial charge < -0.3 is 9.47 Å². The van der Waals surface area contributed by atoms with Crippen LogP contribution in [0.4, 0.5) is 0 Å². The van der Waals surface area contributed by atoms with Crippen molar-refractivity contribution in [2.24, 2.45) is 5.41 Å². The van der Waals surface area contributed by atoms with E-state index in [0.717, 1.165) is 6.42 Å². The molecule has 0 N–H and O–H groups in total. The van der Waals surface area contributed by atoms with Gasteiger partial charge in [0.05, 0.1) is 13.2 Å². The highest BCUT2D eigenvalue weighted by Crippen LogP contribution is 2.21. The molecule has 0 radical (unpaired) electrons. The van der Waals surface area contributed by atoms with Crippen LogP contribution in [0, 0.1) is 5.41 Å². The third kappa shape index (κ3) is 3.95. The first-order valence-corrected chi connectivity index (χ1v) is 3.79. The average molecular weight is 174 g/mol. The predicted molar refractivity (Wildman–Crippen MR) is 42.4 cm³/mol. The summed E-state index contributed by atoms with van der Waals surface area (Å²) in [6, 6.07) is 0. The van der Waals surface area contributed by atoms with Crippen LogP contribution < -0.4 is 0 Å². The van der Waals surface area contributed by atoms with E-state index in [4.69, 9.17) is 0 Å². The molecule has 0 fully saturated rings. The van der Waals surface area contributed by atoms with Gasteiger partial charge in [-0.05, 0) is 6.42 Å². The third-order valence-corrected chi connectivity index (χ3v) is 1.85. The lowest BCUT2D eigenvalue weighted by atomic mass is 9.90. The summed E-state index contributed by atoms with van der Waals surface area (Å²) < 4.78 is 9.22. The van der Waals surface area contributed by atoms with Gasteiger partial charge in [0.15, 0.2) is 0 Å². The summed E-state index contributed by atoms with van der Waals surface area (Å²) in [5.74, 6) is 0. The molecule has 0 spiro atoms. The second-order valence-electron chi connectivity index (χ2n) is 2.98.